The van der Waals surface area contributed by atoms with Crippen LogP contribution in [0.2, 0.25) is 0 Å². The Balaban J connectivity index is 1.25. The van der Waals surface area contributed by atoms with Crippen LogP contribution in [0.4, 0.5) is 5.95 Å². The third-order valence-electron chi connectivity index (χ3n) is 6.33. The normalized spacial score (nSPS) is 25.8. The second-order valence-corrected chi connectivity index (χ2v) is 7.93. The number of amides is 1. The largest absolute Gasteiger partial charge is 0.381 e. The molecular weight excluding hydrogens is 316 g/mol. The average molecular weight is 344 g/mol. The van der Waals surface area contributed by atoms with E-state index in [1.54, 1.807) is 12.4 Å². The van der Waals surface area contributed by atoms with Crippen LogP contribution in [0.25, 0.3) is 0 Å². The Morgan fingerprint density at radius 3 is 2.64 bits per heavy atom. The molecular formula is C19H28N4O2. The Kier molecular flexibility index (Phi) is 4.63. The van der Waals surface area contributed by atoms with Crippen molar-refractivity contribution < 1.29 is 9.53 Å². The van der Waals surface area contributed by atoms with Crippen LogP contribution in [-0.2, 0) is 9.53 Å². The SMILES string of the molecule is CN(CC1CCN(C(=O)C2CC23CCOCC3)CC1)c1ncccn1. The molecule has 2 aliphatic heterocycles. The Morgan fingerprint density at radius 1 is 1.28 bits per heavy atom. The zero-order valence-electron chi connectivity index (χ0n) is 15.1. The van der Waals surface area contributed by atoms with Gasteiger partial charge in [0.05, 0.1) is 0 Å². The van der Waals surface area contributed by atoms with E-state index in [9.17, 15) is 4.79 Å². The van der Waals surface area contributed by atoms with Crippen molar-refractivity contribution in [1.29, 1.82) is 0 Å². The number of rotatable bonds is 4. The molecule has 25 heavy (non-hydrogen) atoms. The highest BCUT2D eigenvalue weighted by Crippen LogP contribution is 2.59. The minimum atomic E-state index is 0.272. The van der Waals surface area contributed by atoms with E-state index < -0.39 is 0 Å². The first-order valence-electron chi connectivity index (χ1n) is 9.53. The van der Waals surface area contributed by atoms with Crippen LogP contribution >= 0.6 is 0 Å². The van der Waals surface area contributed by atoms with E-state index in [0.29, 0.717) is 11.8 Å². The Bertz CT molecular complexity index is 595. The summed E-state index contributed by atoms with van der Waals surface area (Å²) in [5, 5.41) is 0. The summed E-state index contributed by atoms with van der Waals surface area (Å²) in [6.07, 6.45) is 8.94. The van der Waals surface area contributed by atoms with Crippen molar-refractivity contribution >= 4 is 11.9 Å². The molecule has 1 aliphatic carbocycles. The lowest BCUT2D eigenvalue weighted by atomic mass is 9.92. The molecule has 3 aliphatic rings. The molecule has 0 aromatic carbocycles. The van der Waals surface area contributed by atoms with Crippen LogP contribution in [0, 0.1) is 17.3 Å². The van der Waals surface area contributed by atoms with Gasteiger partial charge in [-0.2, -0.15) is 0 Å². The molecule has 0 radical (unpaired) electrons. The number of likely N-dealkylation sites (tertiary alicyclic amines) is 1. The van der Waals surface area contributed by atoms with Gasteiger partial charge in [-0.05, 0) is 49.5 Å². The second-order valence-electron chi connectivity index (χ2n) is 7.93. The molecule has 2 saturated heterocycles. The van der Waals surface area contributed by atoms with Gasteiger partial charge in [0.25, 0.3) is 0 Å². The Hall–Kier alpha value is -1.69. The number of hydrogen-bond donors (Lipinski definition) is 0. The van der Waals surface area contributed by atoms with Crippen molar-refractivity contribution in [2.75, 3.05) is 44.8 Å². The van der Waals surface area contributed by atoms with Gasteiger partial charge in [0.2, 0.25) is 11.9 Å². The van der Waals surface area contributed by atoms with Crippen LogP contribution in [0.1, 0.15) is 32.1 Å². The van der Waals surface area contributed by atoms with Crippen molar-refractivity contribution in [3.05, 3.63) is 18.5 Å². The lowest BCUT2D eigenvalue weighted by molar-refractivity contribution is -0.135. The molecule has 3 fully saturated rings. The molecule has 0 bridgehead atoms. The van der Waals surface area contributed by atoms with Crippen molar-refractivity contribution in [1.82, 2.24) is 14.9 Å². The summed E-state index contributed by atoms with van der Waals surface area (Å²) in [7, 11) is 2.05. The number of nitrogens with zero attached hydrogens (tertiary/aromatic N) is 4. The monoisotopic (exact) mass is 344 g/mol. The number of anilines is 1. The first kappa shape index (κ1) is 16.8. The van der Waals surface area contributed by atoms with E-state index in [1.807, 2.05) is 13.1 Å². The quantitative estimate of drug-likeness (QED) is 0.836. The van der Waals surface area contributed by atoms with Gasteiger partial charge in [0, 0.05) is 58.2 Å². The van der Waals surface area contributed by atoms with Crippen molar-refractivity contribution in [2.24, 2.45) is 17.3 Å². The van der Waals surface area contributed by atoms with Crippen LogP contribution in [0.5, 0.6) is 0 Å². The Labute approximate surface area is 149 Å². The van der Waals surface area contributed by atoms with Crippen LogP contribution in [0.3, 0.4) is 0 Å². The van der Waals surface area contributed by atoms with Gasteiger partial charge in [0.1, 0.15) is 0 Å². The smallest absolute Gasteiger partial charge is 0.226 e. The summed E-state index contributed by atoms with van der Waals surface area (Å²) in [5.74, 6) is 2.06. The fourth-order valence-electron chi connectivity index (χ4n) is 4.54. The van der Waals surface area contributed by atoms with Crippen molar-refractivity contribution in [2.45, 2.75) is 32.1 Å². The van der Waals surface area contributed by atoms with Gasteiger partial charge >= 0.3 is 0 Å². The molecule has 1 unspecified atom stereocenters. The minimum Gasteiger partial charge on any atom is -0.381 e. The zero-order valence-corrected chi connectivity index (χ0v) is 15.1. The molecule has 1 aromatic rings. The fourth-order valence-corrected chi connectivity index (χ4v) is 4.54. The van der Waals surface area contributed by atoms with Crippen LogP contribution in [-0.4, -0.2) is 60.7 Å². The Morgan fingerprint density at radius 2 is 1.96 bits per heavy atom. The van der Waals surface area contributed by atoms with Gasteiger partial charge in [-0.3, -0.25) is 4.79 Å². The topological polar surface area (TPSA) is 58.6 Å². The van der Waals surface area contributed by atoms with Crippen LogP contribution in [0.15, 0.2) is 18.5 Å². The summed E-state index contributed by atoms with van der Waals surface area (Å²) in [6.45, 7) is 4.42. The molecule has 136 valence electrons. The summed E-state index contributed by atoms with van der Waals surface area (Å²) in [5.41, 5.74) is 0.289. The van der Waals surface area contributed by atoms with E-state index in [-0.39, 0.29) is 11.3 Å². The highest BCUT2D eigenvalue weighted by molar-refractivity contribution is 5.82. The highest BCUT2D eigenvalue weighted by Gasteiger charge is 2.58. The van der Waals surface area contributed by atoms with E-state index in [1.165, 1.54) is 0 Å². The number of carbonyl (C=O) groups is 1. The fraction of sp³-hybridized carbons (Fsp3) is 0.737. The van der Waals surface area contributed by atoms with Gasteiger partial charge < -0.3 is 14.5 Å². The maximum Gasteiger partial charge on any atom is 0.226 e. The highest BCUT2D eigenvalue weighted by atomic mass is 16.5. The molecule has 3 heterocycles. The second kappa shape index (κ2) is 6.90. The van der Waals surface area contributed by atoms with E-state index in [0.717, 1.165) is 70.9 Å². The van der Waals surface area contributed by atoms with E-state index >= 15 is 0 Å². The third kappa shape index (κ3) is 3.50. The summed E-state index contributed by atoms with van der Waals surface area (Å²) < 4.78 is 5.47. The predicted octanol–water partition coefficient (Wildman–Crippen LogP) is 1.97. The maximum atomic E-state index is 12.8. The lowest BCUT2D eigenvalue weighted by Gasteiger charge is -2.34. The van der Waals surface area contributed by atoms with Crippen molar-refractivity contribution in [3.63, 3.8) is 0 Å². The average Bonchev–Trinajstić information content (AvgIpc) is 3.35. The number of aromatic nitrogens is 2. The first-order valence-corrected chi connectivity index (χ1v) is 9.53. The van der Waals surface area contributed by atoms with Crippen LogP contribution < -0.4 is 4.90 Å². The molecule has 0 N–H and O–H groups in total. The number of ether oxygens (including phenoxy) is 1. The third-order valence-corrected chi connectivity index (χ3v) is 6.33. The molecule has 1 spiro atoms. The summed E-state index contributed by atoms with van der Waals surface area (Å²) >= 11 is 0. The predicted molar refractivity (Wildman–Crippen MR) is 95.2 cm³/mol. The molecule has 1 saturated carbocycles. The molecule has 1 amide bonds. The molecule has 1 atom stereocenters. The standard InChI is InChI=1S/C19H28N4O2/c1-22(18-20-7-2-8-21-18)14-15-3-9-23(10-4-15)17(24)16-13-19(16)5-11-25-12-6-19/h2,7-8,15-16H,3-6,9-14H2,1H3. The maximum absolute atomic E-state index is 12.8. The molecule has 6 heteroatoms. The van der Waals surface area contributed by atoms with Gasteiger partial charge in [-0.1, -0.05) is 0 Å². The molecule has 1 aromatic heterocycles. The number of hydrogen-bond acceptors (Lipinski definition) is 5. The molecule has 6 nitrogen and oxygen atoms in total. The van der Waals surface area contributed by atoms with E-state index in [4.69, 9.17) is 4.74 Å². The van der Waals surface area contributed by atoms with Gasteiger partial charge in [-0.25, -0.2) is 9.97 Å². The van der Waals surface area contributed by atoms with Gasteiger partial charge in [-0.15, -0.1) is 0 Å². The number of carbonyl (C=O) groups excluding carboxylic acids is 1. The molecule has 4 rings (SSSR count). The van der Waals surface area contributed by atoms with E-state index in [2.05, 4.69) is 19.8 Å². The summed E-state index contributed by atoms with van der Waals surface area (Å²) in [6, 6.07) is 1.84. The van der Waals surface area contributed by atoms with Gasteiger partial charge in [0.15, 0.2) is 0 Å². The lowest BCUT2D eigenvalue weighted by Crippen LogP contribution is -2.42. The number of piperidine rings is 1. The van der Waals surface area contributed by atoms with Crippen molar-refractivity contribution in [3.8, 4) is 0 Å². The summed E-state index contributed by atoms with van der Waals surface area (Å²) in [4.78, 5) is 25.7. The zero-order chi connectivity index (χ0) is 17.3. The first-order chi connectivity index (χ1) is 12.2. The minimum absolute atomic E-state index is 0.272.